The highest BCUT2D eigenvalue weighted by Gasteiger charge is 2.41. The second-order valence-corrected chi connectivity index (χ2v) is 7.39. The minimum absolute atomic E-state index is 0.0542. The summed E-state index contributed by atoms with van der Waals surface area (Å²) in [6.45, 7) is 5.76. The van der Waals surface area contributed by atoms with Crippen molar-refractivity contribution in [2.45, 2.75) is 38.4 Å². The lowest BCUT2D eigenvalue weighted by Gasteiger charge is -2.39. The summed E-state index contributed by atoms with van der Waals surface area (Å²) in [7, 11) is 0. The van der Waals surface area contributed by atoms with Crippen LogP contribution in [0.5, 0.6) is 0 Å². The Morgan fingerprint density at radius 3 is 2.54 bits per heavy atom. The molecule has 0 radical (unpaired) electrons. The number of halogens is 4. The molecule has 1 atom stereocenters. The molecule has 0 spiro atoms. The van der Waals surface area contributed by atoms with Crippen molar-refractivity contribution >= 4 is 5.97 Å². The SMILES string of the molecule is CCOC(=O)c1ccc2c(c1F)C(c1ccccc1C(F)(F)F)NCC2(C)C. The fourth-order valence-corrected chi connectivity index (χ4v) is 3.66. The molecule has 0 aliphatic carbocycles. The molecule has 1 aliphatic heterocycles. The molecule has 1 unspecified atom stereocenters. The van der Waals surface area contributed by atoms with Gasteiger partial charge in [-0.15, -0.1) is 0 Å². The largest absolute Gasteiger partial charge is 0.462 e. The zero-order valence-corrected chi connectivity index (χ0v) is 15.8. The summed E-state index contributed by atoms with van der Waals surface area (Å²) in [5.74, 6) is -1.69. The maximum Gasteiger partial charge on any atom is 0.416 e. The van der Waals surface area contributed by atoms with Gasteiger partial charge in [0.1, 0.15) is 5.82 Å². The van der Waals surface area contributed by atoms with Crippen LogP contribution >= 0.6 is 0 Å². The predicted octanol–water partition coefficient (Wildman–Crippen LogP) is 4.99. The summed E-state index contributed by atoms with van der Waals surface area (Å²) in [6, 6.07) is 7.00. The van der Waals surface area contributed by atoms with Crippen LogP contribution < -0.4 is 5.32 Å². The third-order valence-electron chi connectivity index (χ3n) is 5.02. The molecule has 28 heavy (non-hydrogen) atoms. The summed E-state index contributed by atoms with van der Waals surface area (Å²) in [5.41, 5.74) is -1.09. The molecule has 2 aromatic rings. The van der Waals surface area contributed by atoms with Gasteiger partial charge in [-0.1, -0.05) is 38.1 Å². The van der Waals surface area contributed by atoms with E-state index >= 15 is 4.39 Å². The number of nitrogens with one attached hydrogen (secondary N) is 1. The molecule has 2 aromatic carbocycles. The number of rotatable bonds is 3. The molecule has 150 valence electrons. The van der Waals surface area contributed by atoms with E-state index in [1.54, 1.807) is 13.0 Å². The molecule has 0 saturated heterocycles. The first-order valence-electron chi connectivity index (χ1n) is 8.97. The summed E-state index contributed by atoms with van der Waals surface area (Å²) in [5, 5.41) is 3.04. The molecule has 3 rings (SSSR count). The zero-order chi connectivity index (χ0) is 20.7. The van der Waals surface area contributed by atoms with Gasteiger partial charge in [-0.05, 0) is 30.2 Å². The maximum absolute atomic E-state index is 15.4. The average molecular weight is 395 g/mol. The van der Waals surface area contributed by atoms with E-state index in [4.69, 9.17) is 4.74 Å². The molecule has 1 N–H and O–H groups in total. The van der Waals surface area contributed by atoms with E-state index in [1.165, 1.54) is 24.3 Å². The van der Waals surface area contributed by atoms with Gasteiger partial charge in [0, 0.05) is 17.5 Å². The molecule has 3 nitrogen and oxygen atoms in total. The van der Waals surface area contributed by atoms with E-state index in [9.17, 15) is 18.0 Å². The smallest absolute Gasteiger partial charge is 0.416 e. The van der Waals surface area contributed by atoms with Crippen LogP contribution in [0.4, 0.5) is 17.6 Å². The monoisotopic (exact) mass is 395 g/mol. The molecule has 0 saturated carbocycles. The molecular weight excluding hydrogens is 374 g/mol. The fraction of sp³-hybridized carbons (Fsp3) is 0.381. The molecule has 7 heteroatoms. The molecule has 0 fully saturated rings. The molecule has 0 bridgehead atoms. The van der Waals surface area contributed by atoms with Crippen LogP contribution in [-0.4, -0.2) is 19.1 Å². The Morgan fingerprint density at radius 2 is 1.89 bits per heavy atom. The van der Waals surface area contributed by atoms with Gasteiger partial charge in [-0.25, -0.2) is 9.18 Å². The van der Waals surface area contributed by atoms with Crippen LogP contribution in [0, 0.1) is 5.82 Å². The lowest BCUT2D eigenvalue weighted by molar-refractivity contribution is -0.138. The highest BCUT2D eigenvalue weighted by atomic mass is 19.4. The van der Waals surface area contributed by atoms with Crippen LogP contribution in [0.15, 0.2) is 36.4 Å². The highest BCUT2D eigenvalue weighted by molar-refractivity contribution is 5.90. The van der Waals surface area contributed by atoms with Crippen molar-refractivity contribution < 1.29 is 27.1 Å². The van der Waals surface area contributed by atoms with Crippen LogP contribution in [-0.2, 0) is 16.3 Å². The summed E-state index contributed by atoms with van der Waals surface area (Å²) < 4.78 is 60.9. The van der Waals surface area contributed by atoms with Gasteiger partial charge in [0.25, 0.3) is 0 Å². The van der Waals surface area contributed by atoms with Crippen LogP contribution in [0.3, 0.4) is 0 Å². The number of carbonyl (C=O) groups excluding carboxylic acids is 1. The van der Waals surface area contributed by atoms with Crippen molar-refractivity contribution in [3.05, 3.63) is 70.0 Å². The molecular formula is C21H21F4NO2. The molecule has 1 heterocycles. The Hall–Kier alpha value is -2.41. The van der Waals surface area contributed by atoms with E-state index < -0.39 is 35.0 Å². The lowest BCUT2D eigenvalue weighted by atomic mass is 9.74. The molecule has 0 amide bonds. The Balaban J connectivity index is 2.24. The maximum atomic E-state index is 15.4. The number of benzene rings is 2. The van der Waals surface area contributed by atoms with Crippen molar-refractivity contribution in [3.8, 4) is 0 Å². The summed E-state index contributed by atoms with van der Waals surface area (Å²) in [6.07, 6.45) is -4.58. The van der Waals surface area contributed by atoms with Crippen molar-refractivity contribution in [2.24, 2.45) is 0 Å². The van der Waals surface area contributed by atoms with Gasteiger partial charge in [0.05, 0.1) is 23.8 Å². The second-order valence-electron chi connectivity index (χ2n) is 7.39. The van der Waals surface area contributed by atoms with Crippen molar-refractivity contribution in [2.75, 3.05) is 13.2 Å². The predicted molar refractivity (Wildman–Crippen MR) is 96.7 cm³/mol. The van der Waals surface area contributed by atoms with Gasteiger partial charge in [0.15, 0.2) is 0 Å². The first kappa shape index (κ1) is 20.3. The number of esters is 1. The second kappa shape index (κ2) is 7.20. The molecule has 1 aliphatic rings. The Kier molecular flexibility index (Phi) is 5.23. The fourth-order valence-electron chi connectivity index (χ4n) is 3.66. The first-order chi connectivity index (χ1) is 13.1. The van der Waals surface area contributed by atoms with Crippen LogP contribution in [0.1, 0.15) is 59.4 Å². The van der Waals surface area contributed by atoms with E-state index in [0.29, 0.717) is 12.1 Å². The average Bonchev–Trinajstić information content (AvgIpc) is 2.62. The van der Waals surface area contributed by atoms with Gasteiger partial charge >= 0.3 is 12.1 Å². The van der Waals surface area contributed by atoms with Gasteiger partial charge < -0.3 is 10.1 Å². The number of fused-ring (bicyclic) bond motifs is 1. The van der Waals surface area contributed by atoms with E-state index in [0.717, 1.165) is 6.07 Å². The highest BCUT2D eigenvalue weighted by Crippen LogP contribution is 2.43. The van der Waals surface area contributed by atoms with Gasteiger partial charge in [-0.2, -0.15) is 13.2 Å². The first-order valence-corrected chi connectivity index (χ1v) is 8.97. The Bertz CT molecular complexity index is 906. The lowest BCUT2D eigenvalue weighted by Crippen LogP contribution is -2.43. The van der Waals surface area contributed by atoms with Crippen molar-refractivity contribution in [1.29, 1.82) is 0 Å². The third-order valence-corrected chi connectivity index (χ3v) is 5.02. The quantitative estimate of drug-likeness (QED) is 0.588. The summed E-state index contributed by atoms with van der Waals surface area (Å²) >= 11 is 0. The number of alkyl halides is 3. The van der Waals surface area contributed by atoms with E-state index in [2.05, 4.69) is 5.32 Å². The third kappa shape index (κ3) is 3.51. The number of ether oxygens (including phenoxy) is 1. The van der Waals surface area contributed by atoms with E-state index in [1.807, 2.05) is 13.8 Å². The number of hydrogen-bond donors (Lipinski definition) is 1. The number of hydrogen-bond acceptors (Lipinski definition) is 3. The standard InChI is InChI=1S/C21H21F4NO2/c1-4-28-19(27)13-9-10-15-16(17(13)22)18(26-11-20(15,2)3)12-7-5-6-8-14(12)21(23,24)25/h5-10,18,26H,4,11H2,1-3H3. The Morgan fingerprint density at radius 1 is 1.21 bits per heavy atom. The van der Waals surface area contributed by atoms with Gasteiger partial charge in [-0.3, -0.25) is 0 Å². The normalized spacial score (nSPS) is 18.5. The van der Waals surface area contributed by atoms with Crippen molar-refractivity contribution in [1.82, 2.24) is 5.32 Å². The molecule has 0 aromatic heterocycles. The topological polar surface area (TPSA) is 38.3 Å². The summed E-state index contributed by atoms with van der Waals surface area (Å²) in [4.78, 5) is 12.1. The van der Waals surface area contributed by atoms with Gasteiger partial charge in [0.2, 0.25) is 0 Å². The van der Waals surface area contributed by atoms with E-state index in [-0.39, 0.29) is 23.3 Å². The van der Waals surface area contributed by atoms with Crippen LogP contribution in [0.25, 0.3) is 0 Å². The Labute approximate surface area is 160 Å². The zero-order valence-electron chi connectivity index (χ0n) is 15.8. The minimum Gasteiger partial charge on any atom is -0.462 e. The van der Waals surface area contributed by atoms with Crippen LogP contribution in [0.2, 0.25) is 0 Å². The minimum atomic E-state index is -4.58. The number of carbonyl (C=O) groups is 1. The van der Waals surface area contributed by atoms with Crippen molar-refractivity contribution in [3.63, 3.8) is 0 Å².